The van der Waals surface area contributed by atoms with Gasteiger partial charge in [0.15, 0.2) is 0 Å². The van der Waals surface area contributed by atoms with Crippen molar-refractivity contribution in [2.24, 2.45) is 0 Å². The Labute approximate surface area is 174 Å². The van der Waals surface area contributed by atoms with Crippen LogP contribution in [0.4, 0.5) is 5.69 Å². The Morgan fingerprint density at radius 2 is 1.69 bits per heavy atom. The number of methoxy groups -OCH3 is 1. The molecule has 1 amide bonds. The maximum absolute atomic E-state index is 13.4. The van der Waals surface area contributed by atoms with Crippen LogP contribution < -0.4 is 14.8 Å². The summed E-state index contributed by atoms with van der Waals surface area (Å²) in [5.41, 5.74) is 3.52. The number of hydrogen-bond donors (Lipinski definition) is 1. The van der Waals surface area contributed by atoms with E-state index in [-0.39, 0.29) is 12.0 Å². The summed E-state index contributed by atoms with van der Waals surface area (Å²) in [6.07, 6.45) is 5.02. The van der Waals surface area contributed by atoms with Crippen molar-refractivity contribution in [3.8, 4) is 11.5 Å². The molecule has 0 radical (unpaired) electrons. The van der Waals surface area contributed by atoms with E-state index in [0.717, 1.165) is 66.0 Å². The number of carbonyl (C=O) groups is 1. The van der Waals surface area contributed by atoms with Crippen LogP contribution in [0, 0.1) is 13.8 Å². The van der Waals surface area contributed by atoms with E-state index in [1.807, 2.05) is 50.2 Å². The number of aryl methyl sites for hydroxylation is 2. The zero-order chi connectivity index (χ0) is 21.0. The van der Waals surface area contributed by atoms with Crippen LogP contribution in [-0.2, 0) is 10.2 Å². The Kier molecular flexibility index (Phi) is 6.51. The summed E-state index contributed by atoms with van der Waals surface area (Å²) in [4.78, 5) is 13.4. The van der Waals surface area contributed by atoms with E-state index in [9.17, 15) is 4.79 Å². The Bertz CT molecular complexity index is 828. The van der Waals surface area contributed by atoms with E-state index in [1.165, 1.54) is 0 Å². The molecule has 0 aromatic heterocycles. The molecule has 0 heterocycles. The Hall–Kier alpha value is -2.49. The Morgan fingerprint density at radius 1 is 1.10 bits per heavy atom. The number of rotatable bonds is 7. The molecule has 2 aromatic carbocycles. The molecule has 0 unspecified atom stereocenters. The van der Waals surface area contributed by atoms with Crippen molar-refractivity contribution in [2.45, 2.75) is 71.3 Å². The smallest absolute Gasteiger partial charge is 0.235 e. The van der Waals surface area contributed by atoms with Crippen molar-refractivity contribution in [1.29, 1.82) is 0 Å². The van der Waals surface area contributed by atoms with Crippen LogP contribution in [0.25, 0.3) is 0 Å². The summed E-state index contributed by atoms with van der Waals surface area (Å²) < 4.78 is 11.4. The van der Waals surface area contributed by atoms with E-state index in [1.54, 1.807) is 7.11 Å². The van der Waals surface area contributed by atoms with Crippen molar-refractivity contribution in [1.82, 2.24) is 0 Å². The molecule has 156 valence electrons. The van der Waals surface area contributed by atoms with E-state index >= 15 is 0 Å². The SMILES string of the molecule is CC[C@@H](C)Oc1c(C)cc(NC(=O)C2(c3ccc(OC)cc3)CCCC2)cc1C. The van der Waals surface area contributed by atoms with Crippen molar-refractivity contribution in [3.63, 3.8) is 0 Å². The summed E-state index contributed by atoms with van der Waals surface area (Å²) in [5, 5.41) is 3.20. The first-order valence-electron chi connectivity index (χ1n) is 10.6. The summed E-state index contributed by atoms with van der Waals surface area (Å²) in [7, 11) is 1.66. The lowest BCUT2D eigenvalue weighted by Gasteiger charge is -2.29. The first-order chi connectivity index (χ1) is 13.9. The molecule has 1 aliphatic rings. The second-order valence-corrected chi connectivity index (χ2v) is 8.25. The minimum absolute atomic E-state index is 0.0783. The van der Waals surface area contributed by atoms with Gasteiger partial charge in [0.25, 0.3) is 0 Å². The second-order valence-electron chi connectivity index (χ2n) is 8.25. The van der Waals surface area contributed by atoms with Gasteiger partial charge in [-0.2, -0.15) is 0 Å². The van der Waals surface area contributed by atoms with Crippen LogP contribution in [0.2, 0.25) is 0 Å². The number of carbonyl (C=O) groups excluding carboxylic acids is 1. The highest BCUT2D eigenvalue weighted by Gasteiger charge is 2.42. The molecule has 1 atom stereocenters. The average molecular weight is 396 g/mol. The van der Waals surface area contributed by atoms with Gasteiger partial charge in [0.05, 0.1) is 18.6 Å². The van der Waals surface area contributed by atoms with Gasteiger partial charge >= 0.3 is 0 Å². The zero-order valence-electron chi connectivity index (χ0n) is 18.3. The van der Waals surface area contributed by atoms with E-state index < -0.39 is 5.41 Å². The van der Waals surface area contributed by atoms with Gasteiger partial charge in [-0.3, -0.25) is 4.79 Å². The number of nitrogens with one attached hydrogen (secondary N) is 1. The van der Waals surface area contributed by atoms with Gasteiger partial charge in [-0.05, 0) is 81.0 Å². The Balaban J connectivity index is 1.85. The van der Waals surface area contributed by atoms with Crippen molar-refractivity contribution < 1.29 is 14.3 Å². The molecule has 3 rings (SSSR count). The molecule has 4 heteroatoms. The molecule has 1 fully saturated rings. The van der Waals surface area contributed by atoms with Crippen molar-refractivity contribution in [2.75, 3.05) is 12.4 Å². The van der Waals surface area contributed by atoms with Crippen molar-refractivity contribution in [3.05, 3.63) is 53.1 Å². The van der Waals surface area contributed by atoms with Crippen molar-refractivity contribution >= 4 is 11.6 Å². The minimum Gasteiger partial charge on any atom is -0.497 e. The van der Waals surface area contributed by atoms with Crippen LogP contribution in [-0.4, -0.2) is 19.1 Å². The lowest BCUT2D eigenvalue weighted by Crippen LogP contribution is -2.38. The predicted octanol–water partition coefficient (Wildman–Crippen LogP) is 5.94. The number of amides is 1. The Morgan fingerprint density at radius 3 is 2.21 bits per heavy atom. The van der Waals surface area contributed by atoms with Crippen LogP contribution in [0.3, 0.4) is 0 Å². The quantitative estimate of drug-likeness (QED) is 0.631. The molecule has 0 aliphatic heterocycles. The monoisotopic (exact) mass is 395 g/mol. The molecular formula is C25H33NO3. The fourth-order valence-corrected chi connectivity index (χ4v) is 4.28. The fraction of sp³-hybridized carbons (Fsp3) is 0.480. The summed E-state index contributed by atoms with van der Waals surface area (Å²) in [5.74, 6) is 1.81. The lowest BCUT2D eigenvalue weighted by atomic mass is 9.78. The van der Waals surface area contributed by atoms with Gasteiger partial charge in [0, 0.05) is 5.69 Å². The third kappa shape index (κ3) is 4.42. The molecule has 0 saturated heterocycles. The second kappa shape index (κ2) is 8.89. The minimum atomic E-state index is -0.472. The van der Waals surface area contributed by atoms with E-state index in [2.05, 4.69) is 19.2 Å². The first kappa shape index (κ1) is 21.2. The maximum Gasteiger partial charge on any atom is 0.235 e. The molecule has 29 heavy (non-hydrogen) atoms. The molecule has 0 bridgehead atoms. The molecular weight excluding hydrogens is 362 g/mol. The largest absolute Gasteiger partial charge is 0.497 e. The molecule has 0 spiro atoms. The highest BCUT2D eigenvalue weighted by molar-refractivity contribution is 5.99. The number of hydrogen-bond acceptors (Lipinski definition) is 3. The number of anilines is 1. The van der Waals surface area contributed by atoms with Gasteiger partial charge in [-0.25, -0.2) is 0 Å². The summed E-state index contributed by atoms with van der Waals surface area (Å²) >= 11 is 0. The van der Waals surface area contributed by atoms with Gasteiger partial charge in [-0.15, -0.1) is 0 Å². The van der Waals surface area contributed by atoms with Gasteiger partial charge < -0.3 is 14.8 Å². The van der Waals surface area contributed by atoms with E-state index in [0.29, 0.717) is 0 Å². The van der Waals surface area contributed by atoms with Gasteiger partial charge in [-0.1, -0.05) is 31.9 Å². The zero-order valence-corrected chi connectivity index (χ0v) is 18.3. The molecule has 1 aliphatic carbocycles. The third-order valence-electron chi connectivity index (χ3n) is 6.15. The first-order valence-corrected chi connectivity index (χ1v) is 10.6. The van der Waals surface area contributed by atoms with Crippen LogP contribution >= 0.6 is 0 Å². The normalized spacial score (nSPS) is 16.3. The number of benzene rings is 2. The highest BCUT2D eigenvalue weighted by atomic mass is 16.5. The average Bonchev–Trinajstić information content (AvgIpc) is 3.22. The molecule has 2 aromatic rings. The number of ether oxygens (including phenoxy) is 2. The predicted molar refractivity (Wildman–Crippen MR) is 118 cm³/mol. The molecule has 4 nitrogen and oxygen atoms in total. The third-order valence-corrected chi connectivity index (χ3v) is 6.15. The lowest BCUT2D eigenvalue weighted by molar-refractivity contribution is -0.121. The topological polar surface area (TPSA) is 47.6 Å². The van der Waals surface area contributed by atoms with Crippen LogP contribution in [0.1, 0.15) is 62.6 Å². The van der Waals surface area contributed by atoms with Gasteiger partial charge in [0.2, 0.25) is 5.91 Å². The van der Waals surface area contributed by atoms with Crippen LogP contribution in [0.15, 0.2) is 36.4 Å². The molecule has 1 N–H and O–H groups in total. The van der Waals surface area contributed by atoms with Crippen LogP contribution in [0.5, 0.6) is 11.5 Å². The standard InChI is InChI=1S/C25H33NO3/c1-6-19(4)29-23-17(2)15-21(16-18(23)3)26-24(27)25(13-7-8-14-25)20-9-11-22(28-5)12-10-20/h9-12,15-16,19H,6-8,13-14H2,1-5H3,(H,26,27)/t19-/m1/s1. The summed E-state index contributed by atoms with van der Waals surface area (Å²) in [6.45, 7) is 8.27. The molecule has 1 saturated carbocycles. The summed E-state index contributed by atoms with van der Waals surface area (Å²) in [6, 6.07) is 12.0. The highest BCUT2D eigenvalue weighted by Crippen LogP contribution is 2.43. The van der Waals surface area contributed by atoms with Gasteiger partial charge in [0.1, 0.15) is 11.5 Å². The maximum atomic E-state index is 13.4. The fourth-order valence-electron chi connectivity index (χ4n) is 4.28. The van der Waals surface area contributed by atoms with E-state index in [4.69, 9.17) is 9.47 Å².